The molecule has 0 radical (unpaired) electrons. The number of anilines is 1. The second-order valence-corrected chi connectivity index (χ2v) is 6.20. The maximum absolute atomic E-state index is 14.0. The van der Waals surface area contributed by atoms with Gasteiger partial charge in [-0.1, -0.05) is 12.1 Å². The van der Waals surface area contributed by atoms with Gasteiger partial charge in [-0.3, -0.25) is 4.31 Å². The van der Waals surface area contributed by atoms with Crippen LogP contribution < -0.4 is 4.31 Å². The highest BCUT2D eigenvalue weighted by atomic mass is 32.2. The zero-order valence-electron chi connectivity index (χ0n) is 9.27. The van der Waals surface area contributed by atoms with Gasteiger partial charge in [0.2, 0.25) is 10.0 Å². The normalized spacial score (nSPS) is 16.2. The lowest BCUT2D eigenvalue weighted by Gasteiger charge is -2.18. The summed E-state index contributed by atoms with van der Waals surface area (Å²) >= 11 is 0. The number of nitrogens with zero attached hydrogens (tertiary/aromatic N) is 1. The van der Waals surface area contributed by atoms with E-state index in [-0.39, 0.29) is 11.6 Å². The average molecular weight is 243 g/mol. The van der Waals surface area contributed by atoms with Crippen molar-refractivity contribution in [2.45, 2.75) is 18.8 Å². The zero-order chi connectivity index (χ0) is 11.9. The minimum absolute atomic E-state index is 0.131. The van der Waals surface area contributed by atoms with Crippen LogP contribution in [-0.4, -0.2) is 21.7 Å². The van der Waals surface area contributed by atoms with Crippen molar-refractivity contribution >= 4 is 15.7 Å². The number of hydrogen-bond acceptors (Lipinski definition) is 2. The molecular formula is C11H14FNO2S. The third-order valence-corrected chi connectivity index (χ3v) is 4.05. The van der Waals surface area contributed by atoms with Gasteiger partial charge in [0.25, 0.3) is 0 Å². The van der Waals surface area contributed by atoms with Gasteiger partial charge in [-0.15, -0.1) is 0 Å². The highest BCUT2D eigenvalue weighted by Gasteiger charge is 2.28. The predicted molar refractivity (Wildman–Crippen MR) is 61.6 cm³/mol. The SMILES string of the molecule is CN(c1cccc(C2CC2)c1F)S(C)(=O)=O. The monoisotopic (exact) mass is 243 g/mol. The van der Waals surface area contributed by atoms with E-state index in [0.717, 1.165) is 23.4 Å². The van der Waals surface area contributed by atoms with Crippen LogP contribution in [0.25, 0.3) is 0 Å². The Balaban J connectivity index is 2.45. The van der Waals surface area contributed by atoms with Gasteiger partial charge in [-0.2, -0.15) is 0 Å². The lowest BCUT2D eigenvalue weighted by molar-refractivity contribution is 0.591. The van der Waals surface area contributed by atoms with E-state index in [1.54, 1.807) is 12.1 Å². The lowest BCUT2D eigenvalue weighted by atomic mass is 10.1. The van der Waals surface area contributed by atoms with Crippen molar-refractivity contribution in [3.8, 4) is 0 Å². The Hall–Kier alpha value is -1.10. The van der Waals surface area contributed by atoms with E-state index in [1.807, 2.05) is 0 Å². The van der Waals surface area contributed by atoms with Gasteiger partial charge in [-0.25, -0.2) is 12.8 Å². The van der Waals surface area contributed by atoms with E-state index >= 15 is 0 Å². The molecule has 0 aliphatic heterocycles. The van der Waals surface area contributed by atoms with Crippen molar-refractivity contribution in [1.82, 2.24) is 0 Å². The number of benzene rings is 1. The summed E-state index contributed by atoms with van der Waals surface area (Å²) in [7, 11) is -2.04. The molecule has 1 fully saturated rings. The van der Waals surface area contributed by atoms with E-state index in [9.17, 15) is 12.8 Å². The van der Waals surface area contributed by atoms with E-state index < -0.39 is 15.8 Å². The highest BCUT2D eigenvalue weighted by Crippen LogP contribution is 2.42. The summed E-state index contributed by atoms with van der Waals surface area (Å²) in [6.45, 7) is 0. The first-order valence-corrected chi connectivity index (χ1v) is 6.98. The fraction of sp³-hybridized carbons (Fsp3) is 0.455. The van der Waals surface area contributed by atoms with Gasteiger partial charge >= 0.3 is 0 Å². The first kappa shape index (κ1) is 11.4. The van der Waals surface area contributed by atoms with Crippen LogP contribution in [0.5, 0.6) is 0 Å². The molecule has 1 saturated carbocycles. The second kappa shape index (κ2) is 3.73. The van der Waals surface area contributed by atoms with Crippen molar-refractivity contribution < 1.29 is 12.8 Å². The molecule has 1 aliphatic rings. The van der Waals surface area contributed by atoms with Crippen LogP contribution in [0, 0.1) is 5.82 Å². The summed E-state index contributed by atoms with van der Waals surface area (Å²) in [6.07, 6.45) is 3.04. The maximum atomic E-state index is 14.0. The molecule has 0 bridgehead atoms. The van der Waals surface area contributed by atoms with Crippen LogP contribution in [0.4, 0.5) is 10.1 Å². The van der Waals surface area contributed by atoms with Gasteiger partial charge in [0, 0.05) is 7.05 Å². The molecule has 3 nitrogen and oxygen atoms in total. The number of hydrogen-bond donors (Lipinski definition) is 0. The molecule has 0 spiro atoms. The van der Waals surface area contributed by atoms with Crippen molar-refractivity contribution in [1.29, 1.82) is 0 Å². The molecule has 0 heterocycles. The summed E-state index contributed by atoms with van der Waals surface area (Å²) in [4.78, 5) is 0. The highest BCUT2D eigenvalue weighted by molar-refractivity contribution is 7.92. The van der Waals surface area contributed by atoms with Crippen molar-refractivity contribution in [3.05, 3.63) is 29.6 Å². The molecule has 1 aliphatic carbocycles. The molecule has 0 amide bonds. The summed E-state index contributed by atoms with van der Waals surface area (Å²) in [5.41, 5.74) is 0.764. The molecule has 2 rings (SSSR count). The van der Waals surface area contributed by atoms with E-state index in [2.05, 4.69) is 0 Å². The van der Waals surface area contributed by atoms with Gasteiger partial charge in [-0.05, 0) is 30.4 Å². The minimum atomic E-state index is -3.41. The Kier molecular flexibility index (Phi) is 2.66. The zero-order valence-corrected chi connectivity index (χ0v) is 10.1. The largest absolute Gasteiger partial charge is 0.271 e. The van der Waals surface area contributed by atoms with Gasteiger partial charge in [0.05, 0.1) is 11.9 Å². The molecule has 0 atom stereocenters. The van der Waals surface area contributed by atoms with Gasteiger partial charge in [0.15, 0.2) is 5.82 Å². The van der Waals surface area contributed by atoms with Crippen LogP contribution in [0.2, 0.25) is 0 Å². The molecule has 1 aromatic rings. The maximum Gasteiger partial charge on any atom is 0.232 e. The number of rotatable bonds is 3. The van der Waals surface area contributed by atoms with E-state index in [1.165, 1.54) is 13.1 Å². The molecule has 5 heteroatoms. The van der Waals surface area contributed by atoms with Gasteiger partial charge < -0.3 is 0 Å². The third kappa shape index (κ3) is 2.04. The van der Waals surface area contributed by atoms with Crippen LogP contribution in [-0.2, 0) is 10.0 Å². The number of halogens is 1. The smallest absolute Gasteiger partial charge is 0.232 e. The molecule has 0 unspecified atom stereocenters. The molecule has 0 N–H and O–H groups in total. The Bertz CT molecular complexity index is 509. The number of sulfonamides is 1. The van der Waals surface area contributed by atoms with E-state index in [4.69, 9.17) is 0 Å². The van der Waals surface area contributed by atoms with Crippen molar-refractivity contribution in [2.24, 2.45) is 0 Å². The molecular weight excluding hydrogens is 229 g/mol. The van der Waals surface area contributed by atoms with Crippen LogP contribution in [0.3, 0.4) is 0 Å². The molecule has 0 aromatic heterocycles. The van der Waals surface area contributed by atoms with Crippen molar-refractivity contribution in [2.75, 3.05) is 17.6 Å². The fourth-order valence-electron chi connectivity index (χ4n) is 1.67. The van der Waals surface area contributed by atoms with Crippen LogP contribution >= 0.6 is 0 Å². The standard InChI is InChI=1S/C11H14FNO2S/c1-13(16(2,14)15)10-5-3-4-9(11(10)12)8-6-7-8/h3-5,8H,6-7H2,1-2H3. The van der Waals surface area contributed by atoms with Crippen LogP contribution in [0.15, 0.2) is 18.2 Å². The first-order valence-electron chi connectivity index (χ1n) is 5.13. The molecule has 0 saturated heterocycles. The average Bonchev–Trinajstić information content (AvgIpc) is 2.99. The Morgan fingerprint density at radius 3 is 2.50 bits per heavy atom. The Morgan fingerprint density at radius 2 is 2.00 bits per heavy atom. The molecule has 1 aromatic carbocycles. The third-order valence-electron chi connectivity index (χ3n) is 2.86. The van der Waals surface area contributed by atoms with Crippen LogP contribution in [0.1, 0.15) is 24.3 Å². The molecule has 88 valence electrons. The Morgan fingerprint density at radius 1 is 1.38 bits per heavy atom. The summed E-state index contributed by atoms with van der Waals surface area (Å²) < 4.78 is 37.7. The first-order chi connectivity index (χ1) is 7.41. The lowest BCUT2D eigenvalue weighted by Crippen LogP contribution is -2.26. The quantitative estimate of drug-likeness (QED) is 0.815. The second-order valence-electron chi connectivity index (χ2n) is 4.19. The van der Waals surface area contributed by atoms with Gasteiger partial charge in [0.1, 0.15) is 0 Å². The molecule has 16 heavy (non-hydrogen) atoms. The predicted octanol–water partition coefficient (Wildman–Crippen LogP) is 2.10. The summed E-state index contributed by atoms with van der Waals surface area (Å²) in [5.74, 6) is -0.133. The van der Waals surface area contributed by atoms with Crippen molar-refractivity contribution in [3.63, 3.8) is 0 Å². The van der Waals surface area contributed by atoms with E-state index in [0.29, 0.717) is 5.56 Å². The topological polar surface area (TPSA) is 37.4 Å². The fourth-order valence-corrected chi connectivity index (χ4v) is 2.17. The Labute approximate surface area is 94.9 Å². The minimum Gasteiger partial charge on any atom is -0.271 e. The summed E-state index contributed by atoms with van der Waals surface area (Å²) in [5, 5.41) is 0. The summed E-state index contributed by atoms with van der Waals surface area (Å²) in [6, 6.07) is 4.92.